The second-order valence-electron chi connectivity index (χ2n) is 8.09. The fraction of sp³-hybridized carbons (Fsp3) is 0.435. The quantitative estimate of drug-likeness (QED) is 0.674. The van der Waals surface area contributed by atoms with Crippen molar-refractivity contribution in [2.45, 2.75) is 24.8 Å². The number of nitrogens with zero attached hydrogens (tertiary/aromatic N) is 3. The Hall–Kier alpha value is -2.42. The first-order valence-corrected chi connectivity index (χ1v) is 12.0. The van der Waals surface area contributed by atoms with Crippen LogP contribution in [0.3, 0.4) is 0 Å². The second kappa shape index (κ2) is 10.3. The number of benzene rings is 2. The van der Waals surface area contributed by atoms with E-state index >= 15 is 0 Å². The van der Waals surface area contributed by atoms with Gasteiger partial charge in [-0.15, -0.1) is 0 Å². The van der Waals surface area contributed by atoms with E-state index < -0.39 is 10.0 Å². The van der Waals surface area contributed by atoms with Gasteiger partial charge in [-0.25, -0.2) is 8.42 Å². The smallest absolute Gasteiger partial charge is 0.243 e. The van der Waals surface area contributed by atoms with E-state index in [1.54, 1.807) is 12.1 Å². The topological polar surface area (TPSA) is 73.0 Å². The molecule has 0 bridgehead atoms. The minimum atomic E-state index is -3.49. The van der Waals surface area contributed by atoms with Crippen LogP contribution in [0.1, 0.15) is 12.5 Å². The average Bonchev–Trinajstić information content (AvgIpc) is 2.78. The Morgan fingerprint density at radius 1 is 1.03 bits per heavy atom. The lowest BCUT2D eigenvalue weighted by Gasteiger charge is -2.33. The number of likely N-dealkylation sites (N-methyl/N-ethyl adjacent to an activating group) is 1. The van der Waals surface area contributed by atoms with Gasteiger partial charge in [-0.2, -0.15) is 4.31 Å². The van der Waals surface area contributed by atoms with Crippen LogP contribution in [0.5, 0.6) is 0 Å². The Labute approximate surface area is 185 Å². The van der Waals surface area contributed by atoms with Crippen LogP contribution in [0.2, 0.25) is 0 Å². The molecule has 1 N–H and O–H groups in total. The number of para-hydroxylation sites is 1. The number of rotatable bonds is 8. The fourth-order valence-corrected chi connectivity index (χ4v) is 4.98. The number of hydrogen-bond acceptors (Lipinski definition) is 5. The molecule has 2 aromatic rings. The fourth-order valence-electron chi connectivity index (χ4n) is 3.56. The van der Waals surface area contributed by atoms with Crippen LogP contribution in [0.4, 0.5) is 5.69 Å². The van der Waals surface area contributed by atoms with Crippen molar-refractivity contribution in [3.05, 3.63) is 60.2 Å². The maximum atomic E-state index is 12.8. The van der Waals surface area contributed by atoms with Gasteiger partial charge in [0.15, 0.2) is 0 Å². The number of piperazine rings is 1. The molecule has 2 aromatic carbocycles. The van der Waals surface area contributed by atoms with E-state index in [1.807, 2.05) is 61.3 Å². The second-order valence-corrected chi connectivity index (χ2v) is 10.0. The van der Waals surface area contributed by atoms with Crippen molar-refractivity contribution < 1.29 is 13.2 Å². The summed E-state index contributed by atoms with van der Waals surface area (Å²) in [6.07, 6.45) is 0. The zero-order valence-electron chi connectivity index (χ0n) is 18.5. The Bertz CT molecular complexity index is 956. The average molecular weight is 445 g/mol. The number of aryl methyl sites for hydroxylation is 1. The van der Waals surface area contributed by atoms with Crippen LogP contribution in [0.25, 0.3) is 0 Å². The molecule has 1 amide bonds. The first-order valence-electron chi connectivity index (χ1n) is 10.6. The first-order chi connectivity index (χ1) is 14.8. The normalized spacial score (nSPS) is 16.6. The van der Waals surface area contributed by atoms with E-state index in [0.29, 0.717) is 37.6 Å². The van der Waals surface area contributed by atoms with Crippen molar-refractivity contribution in [3.63, 3.8) is 0 Å². The lowest BCUT2D eigenvalue weighted by atomic mass is 10.2. The molecule has 0 aliphatic carbocycles. The van der Waals surface area contributed by atoms with Crippen LogP contribution >= 0.6 is 0 Å². The number of nitrogens with one attached hydrogen (secondary N) is 1. The van der Waals surface area contributed by atoms with Gasteiger partial charge in [-0.3, -0.25) is 9.69 Å². The Balaban J connectivity index is 1.44. The molecule has 0 spiro atoms. The van der Waals surface area contributed by atoms with Crippen molar-refractivity contribution in [1.82, 2.24) is 14.5 Å². The summed E-state index contributed by atoms with van der Waals surface area (Å²) in [7, 11) is -1.47. The molecule has 31 heavy (non-hydrogen) atoms. The molecule has 1 aliphatic rings. The van der Waals surface area contributed by atoms with Gasteiger partial charge in [0.25, 0.3) is 0 Å². The number of anilines is 1. The SMILES string of the molecule is Cc1ccc(S(=O)(=O)N2CCN(CC(=O)NCC(C)N(C)c3ccccc3)CC2)cc1. The number of amides is 1. The molecule has 7 nitrogen and oxygen atoms in total. The van der Waals surface area contributed by atoms with Crippen molar-refractivity contribution in [3.8, 4) is 0 Å². The Kier molecular flexibility index (Phi) is 7.69. The van der Waals surface area contributed by atoms with E-state index in [0.717, 1.165) is 11.3 Å². The highest BCUT2D eigenvalue weighted by Gasteiger charge is 2.29. The minimum absolute atomic E-state index is 0.0387. The van der Waals surface area contributed by atoms with Crippen molar-refractivity contribution in [1.29, 1.82) is 0 Å². The van der Waals surface area contributed by atoms with Gasteiger partial charge in [-0.1, -0.05) is 35.9 Å². The summed E-state index contributed by atoms with van der Waals surface area (Å²) in [5.74, 6) is -0.0387. The van der Waals surface area contributed by atoms with Crippen LogP contribution in [0, 0.1) is 6.92 Å². The maximum absolute atomic E-state index is 12.8. The van der Waals surface area contributed by atoms with Crippen LogP contribution < -0.4 is 10.2 Å². The van der Waals surface area contributed by atoms with E-state index in [2.05, 4.69) is 17.1 Å². The van der Waals surface area contributed by atoms with Crippen LogP contribution in [-0.4, -0.2) is 75.9 Å². The van der Waals surface area contributed by atoms with Gasteiger partial charge in [0.2, 0.25) is 15.9 Å². The number of hydrogen-bond donors (Lipinski definition) is 1. The summed E-state index contributed by atoms with van der Waals surface area (Å²) in [6.45, 7) is 6.68. The molecule has 0 saturated carbocycles. The van der Waals surface area contributed by atoms with Crippen LogP contribution in [0.15, 0.2) is 59.5 Å². The molecule has 1 heterocycles. The van der Waals surface area contributed by atoms with E-state index in [-0.39, 0.29) is 18.5 Å². The molecule has 8 heteroatoms. The van der Waals surface area contributed by atoms with E-state index in [9.17, 15) is 13.2 Å². The standard InChI is InChI=1S/C23H32N4O3S/c1-19-9-11-22(12-10-19)31(29,30)27-15-13-26(14-16-27)18-23(28)24-17-20(2)25(3)21-7-5-4-6-8-21/h4-12,20H,13-18H2,1-3H3,(H,24,28). The van der Waals surface area contributed by atoms with Gasteiger partial charge in [-0.05, 0) is 38.1 Å². The van der Waals surface area contributed by atoms with Gasteiger partial charge in [0.1, 0.15) is 0 Å². The highest BCUT2D eigenvalue weighted by atomic mass is 32.2. The molecular weight excluding hydrogens is 412 g/mol. The molecule has 0 aromatic heterocycles. The molecular formula is C23H32N4O3S. The summed E-state index contributed by atoms with van der Waals surface area (Å²) in [5.41, 5.74) is 2.13. The first kappa shape index (κ1) is 23.2. The summed E-state index contributed by atoms with van der Waals surface area (Å²) < 4.78 is 27.1. The van der Waals surface area contributed by atoms with Gasteiger partial charge in [0.05, 0.1) is 11.4 Å². The lowest BCUT2D eigenvalue weighted by Crippen LogP contribution is -2.51. The zero-order valence-corrected chi connectivity index (χ0v) is 19.3. The molecule has 1 saturated heterocycles. The number of carbonyl (C=O) groups excluding carboxylic acids is 1. The predicted octanol–water partition coefficient (Wildman–Crippen LogP) is 1.94. The van der Waals surface area contributed by atoms with E-state index in [4.69, 9.17) is 0 Å². The van der Waals surface area contributed by atoms with E-state index in [1.165, 1.54) is 4.31 Å². The number of carbonyl (C=O) groups is 1. The molecule has 1 aliphatic heterocycles. The summed E-state index contributed by atoms with van der Waals surface area (Å²) in [5, 5.41) is 3.00. The third-order valence-corrected chi connectivity index (χ3v) is 7.69. The molecule has 3 rings (SSSR count). The summed E-state index contributed by atoms with van der Waals surface area (Å²) in [4.78, 5) is 16.9. The van der Waals surface area contributed by atoms with Crippen molar-refractivity contribution in [2.75, 3.05) is 51.2 Å². The largest absolute Gasteiger partial charge is 0.370 e. The van der Waals surface area contributed by atoms with Crippen molar-refractivity contribution in [2.24, 2.45) is 0 Å². The Morgan fingerprint density at radius 3 is 2.26 bits per heavy atom. The third kappa shape index (κ3) is 6.06. The third-order valence-electron chi connectivity index (χ3n) is 5.78. The van der Waals surface area contributed by atoms with Gasteiger partial charge < -0.3 is 10.2 Å². The molecule has 0 radical (unpaired) electrons. The maximum Gasteiger partial charge on any atom is 0.243 e. The number of sulfonamides is 1. The van der Waals surface area contributed by atoms with Crippen molar-refractivity contribution >= 4 is 21.6 Å². The lowest BCUT2D eigenvalue weighted by molar-refractivity contribution is -0.122. The molecule has 1 fully saturated rings. The van der Waals surface area contributed by atoms with Crippen LogP contribution in [-0.2, 0) is 14.8 Å². The zero-order chi connectivity index (χ0) is 22.4. The Morgan fingerprint density at radius 2 is 1.65 bits per heavy atom. The summed E-state index contributed by atoms with van der Waals surface area (Å²) in [6, 6.07) is 17.1. The highest BCUT2D eigenvalue weighted by molar-refractivity contribution is 7.89. The predicted molar refractivity (Wildman–Crippen MR) is 124 cm³/mol. The van der Waals surface area contributed by atoms with Gasteiger partial charge in [0, 0.05) is 51.5 Å². The highest BCUT2D eigenvalue weighted by Crippen LogP contribution is 2.18. The molecule has 1 unspecified atom stereocenters. The molecule has 1 atom stereocenters. The monoisotopic (exact) mass is 444 g/mol. The molecule has 168 valence electrons. The van der Waals surface area contributed by atoms with Gasteiger partial charge >= 0.3 is 0 Å². The summed E-state index contributed by atoms with van der Waals surface area (Å²) >= 11 is 0. The minimum Gasteiger partial charge on any atom is -0.370 e.